The highest BCUT2D eigenvalue weighted by atomic mass is 17.3. The van der Waals surface area contributed by atoms with E-state index in [-0.39, 0.29) is 5.41 Å². The second kappa shape index (κ2) is 6.76. The highest BCUT2D eigenvalue weighted by Crippen LogP contribution is 2.60. The van der Waals surface area contributed by atoms with E-state index in [0.29, 0.717) is 17.2 Å². The molecular formula is C23H30O6. The van der Waals surface area contributed by atoms with Gasteiger partial charge in [0.15, 0.2) is 17.1 Å². The molecule has 29 heavy (non-hydrogen) atoms. The van der Waals surface area contributed by atoms with Crippen LogP contribution in [0.25, 0.3) is 6.08 Å². The van der Waals surface area contributed by atoms with Crippen molar-refractivity contribution in [3.8, 4) is 17.2 Å². The van der Waals surface area contributed by atoms with Gasteiger partial charge < -0.3 is 18.9 Å². The molecule has 5 rings (SSSR count). The van der Waals surface area contributed by atoms with E-state index in [1.54, 1.807) is 21.3 Å². The molecule has 3 atom stereocenters. The smallest absolute Gasteiger partial charge is 0.241 e. The maximum Gasteiger partial charge on any atom is 0.241 e. The Kier molecular flexibility index (Phi) is 4.72. The van der Waals surface area contributed by atoms with Crippen LogP contribution in [0.2, 0.25) is 0 Å². The summed E-state index contributed by atoms with van der Waals surface area (Å²) in [6.45, 7) is 6.55. The first-order valence-electron chi connectivity index (χ1n) is 10.0. The van der Waals surface area contributed by atoms with Crippen molar-refractivity contribution in [3.63, 3.8) is 0 Å². The van der Waals surface area contributed by atoms with Gasteiger partial charge in [-0.2, -0.15) is 4.89 Å². The van der Waals surface area contributed by atoms with Crippen molar-refractivity contribution in [3.05, 3.63) is 35.9 Å². The van der Waals surface area contributed by atoms with Crippen LogP contribution in [0, 0.1) is 5.41 Å². The largest absolute Gasteiger partial charge is 0.493 e. The minimum Gasteiger partial charge on any atom is -0.493 e. The van der Waals surface area contributed by atoms with Gasteiger partial charge in [0.05, 0.1) is 21.3 Å². The number of fused-ring (bicyclic) bond motifs is 1. The topological polar surface area (TPSA) is 55.4 Å². The summed E-state index contributed by atoms with van der Waals surface area (Å²) in [6, 6.07) is 3.74. The van der Waals surface area contributed by atoms with Gasteiger partial charge in [-0.05, 0) is 62.6 Å². The maximum absolute atomic E-state index is 6.57. The van der Waals surface area contributed by atoms with Crippen LogP contribution in [0.5, 0.6) is 17.2 Å². The Morgan fingerprint density at radius 2 is 1.66 bits per heavy atom. The molecule has 4 aliphatic rings. The third-order valence-electron chi connectivity index (χ3n) is 6.72. The van der Waals surface area contributed by atoms with Crippen LogP contribution in [-0.2, 0) is 14.5 Å². The summed E-state index contributed by atoms with van der Waals surface area (Å²) in [5, 5.41) is 0. The van der Waals surface area contributed by atoms with Gasteiger partial charge in [0.25, 0.3) is 0 Å². The van der Waals surface area contributed by atoms with E-state index >= 15 is 0 Å². The molecule has 6 nitrogen and oxygen atoms in total. The third kappa shape index (κ3) is 2.80. The number of hydrogen-bond acceptors (Lipinski definition) is 6. The van der Waals surface area contributed by atoms with Gasteiger partial charge in [-0.1, -0.05) is 13.8 Å². The molecule has 1 spiro atoms. The van der Waals surface area contributed by atoms with Crippen LogP contribution in [0.15, 0.2) is 30.4 Å². The maximum atomic E-state index is 6.57. The summed E-state index contributed by atoms with van der Waals surface area (Å²) < 4.78 is 23.0. The van der Waals surface area contributed by atoms with Gasteiger partial charge in [-0.25, -0.2) is 4.89 Å². The Hall–Kier alpha value is -2.02. The van der Waals surface area contributed by atoms with Crippen LogP contribution in [-0.4, -0.2) is 38.3 Å². The van der Waals surface area contributed by atoms with Gasteiger partial charge in [-0.15, -0.1) is 0 Å². The molecule has 1 aliphatic carbocycles. The van der Waals surface area contributed by atoms with Crippen molar-refractivity contribution in [2.45, 2.75) is 57.0 Å². The molecule has 1 aromatic rings. The molecular weight excluding hydrogens is 372 g/mol. The summed E-state index contributed by atoms with van der Waals surface area (Å²) in [7, 11) is 4.78. The molecule has 2 bridgehead atoms. The van der Waals surface area contributed by atoms with Crippen molar-refractivity contribution in [1.82, 2.24) is 0 Å². The number of rotatable bonds is 5. The fourth-order valence-electron chi connectivity index (χ4n) is 5.09. The minimum atomic E-state index is -1.08. The molecule has 1 saturated carbocycles. The van der Waals surface area contributed by atoms with Crippen LogP contribution >= 0.6 is 0 Å². The molecule has 158 valence electrons. The minimum absolute atomic E-state index is 0.0840. The molecule has 1 aromatic carbocycles. The zero-order chi connectivity index (χ0) is 20.9. The third-order valence-corrected chi connectivity index (χ3v) is 6.72. The molecule has 6 heteroatoms. The quantitative estimate of drug-likeness (QED) is 0.527. The van der Waals surface area contributed by atoms with Gasteiger partial charge >= 0.3 is 0 Å². The van der Waals surface area contributed by atoms with Crippen LogP contribution in [0.1, 0.15) is 45.6 Å². The summed E-state index contributed by atoms with van der Waals surface area (Å²) in [5.74, 6) is 0.639. The van der Waals surface area contributed by atoms with Crippen LogP contribution in [0.4, 0.5) is 0 Å². The molecule has 3 aliphatic heterocycles. The Bertz CT molecular complexity index is 859. The van der Waals surface area contributed by atoms with Crippen molar-refractivity contribution in [2.24, 2.45) is 5.41 Å². The van der Waals surface area contributed by atoms with Gasteiger partial charge in [0.2, 0.25) is 11.5 Å². The summed E-state index contributed by atoms with van der Waals surface area (Å²) in [5.41, 5.74) is -0.321. The molecule has 0 radical (unpaired) electrons. The van der Waals surface area contributed by atoms with E-state index in [4.69, 9.17) is 28.7 Å². The fourth-order valence-corrected chi connectivity index (χ4v) is 5.09. The molecule has 0 unspecified atom stereocenters. The Morgan fingerprint density at radius 1 is 0.897 bits per heavy atom. The van der Waals surface area contributed by atoms with Crippen LogP contribution in [0.3, 0.4) is 0 Å². The average Bonchev–Trinajstić information content (AvgIpc) is 2.71. The zero-order valence-electron chi connectivity index (χ0n) is 18.0. The van der Waals surface area contributed by atoms with Crippen LogP contribution < -0.4 is 14.2 Å². The van der Waals surface area contributed by atoms with Crippen molar-refractivity contribution in [2.75, 3.05) is 21.3 Å². The lowest BCUT2D eigenvalue weighted by Gasteiger charge is -2.64. The summed E-state index contributed by atoms with van der Waals surface area (Å²) >= 11 is 0. The second-order valence-electron chi connectivity index (χ2n) is 8.78. The first-order chi connectivity index (χ1) is 13.8. The van der Waals surface area contributed by atoms with Gasteiger partial charge in [0.1, 0.15) is 5.60 Å². The van der Waals surface area contributed by atoms with Gasteiger partial charge in [0, 0.05) is 11.0 Å². The first kappa shape index (κ1) is 20.3. The predicted octanol–water partition coefficient (Wildman–Crippen LogP) is 4.68. The van der Waals surface area contributed by atoms with E-state index in [1.807, 2.05) is 30.4 Å². The van der Waals surface area contributed by atoms with Crippen molar-refractivity contribution >= 4 is 6.08 Å². The standard InChI is InChI=1S/C23H30O6/c1-20(2)11-7-12-21(3)23(20)15-14-22(27-21,28-29-23)13-10-16-8-9-17(24-4)19(26-6)18(16)25-5/h8-10,13-15H,7,11-12H2,1-6H3/b13-10+/t21-,22+,23+/m1/s1. The fraction of sp³-hybridized carbons (Fsp3) is 0.565. The number of benzene rings is 1. The monoisotopic (exact) mass is 402 g/mol. The van der Waals surface area contributed by atoms with E-state index in [9.17, 15) is 0 Å². The second-order valence-corrected chi connectivity index (χ2v) is 8.78. The van der Waals surface area contributed by atoms with Crippen molar-refractivity contribution < 1.29 is 28.7 Å². The van der Waals surface area contributed by atoms with E-state index in [2.05, 4.69) is 26.8 Å². The molecule has 3 heterocycles. The normalized spacial score (nSPS) is 34.8. The summed E-state index contributed by atoms with van der Waals surface area (Å²) in [6.07, 6.45) is 10.9. The molecule has 0 N–H and O–H groups in total. The average molecular weight is 402 g/mol. The predicted molar refractivity (Wildman–Crippen MR) is 109 cm³/mol. The van der Waals surface area contributed by atoms with E-state index in [1.165, 1.54) is 0 Å². The lowest BCUT2D eigenvalue weighted by Crippen LogP contribution is -2.73. The first-order valence-corrected chi connectivity index (χ1v) is 10.0. The Balaban J connectivity index is 1.71. The van der Waals surface area contributed by atoms with E-state index in [0.717, 1.165) is 24.8 Å². The summed E-state index contributed by atoms with van der Waals surface area (Å²) in [4.78, 5) is 11.9. The Labute approximate surface area is 172 Å². The van der Waals surface area contributed by atoms with Crippen molar-refractivity contribution in [1.29, 1.82) is 0 Å². The SMILES string of the molecule is COc1ccc(/C=C/[C@@]23C=C[C@]4(OO2)C(C)(C)CCC[C@@]4(C)O3)c(OC)c1OC. The number of ether oxygens (including phenoxy) is 4. The molecule has 1 saturated heterocycles. The van der Waals surface area contributed by atoms with Gasteiger partial charge in [-0.3, -0.25) is 0 Å². The molecule has 0 aromatic heterocycles. The molecule has 2 fully saturated rings. The van der Waals surface area contributed by atoms with E-state index < -0.39 is 17.0 Å². The number of methoxy groups -OCH3 is 3. The lowest BCUT2D eigenvalue weighted by molar-refractivity contribution is -0.540. The highest BCUT2D eigenvalue weighted by Gasteiger charge is 2.68. The molecule has 0 amide bonds. The number of hydrogen-bond donors (Lipinski definition) is 0. The Morgan fingerprint density at radius 3 is 2.28 bits per heavy atom. The zero-order valence-corrected chi connectivity index (χ0v) is 18.0. The lowest BCUT2D eigenvalue weighted by atomic mass is 9.57. The highest BCUT2D eigenvalue weighted by molar-refractivity contribution is 5.67.